The highest BCUT2D eigenvalue weighted by atomic mass is 16.4. The lowest BCUT2D eigenvalue weighted by Crippen LogP contribution is -2.46. The number of aliphatic carboxylic acids is 1. The smallest absolute Gasteiger partial charge is 0.306 e. The molecule has 1 aromatic heterocycles. The molecule has 20 heavy (non-hydrogen) atoms. The zero-order valence-corrected chi connectivity index (χ0v) is 11.9. The SMILES string of the molecule is CCN(Cc1ccco1)CC1(O)CCC(C(=O)O)CC1. The van der Waals surface area contributed by atoms with Gasteiger partial charge in [-0.3, -0.25) is 9.69 Å². The molecule has 0 bridgehead atoms. The Kier molecular flexibility index (Phi) is 4.83. The number of carboxylic acids is 1. The number of aliphatic hydroxyl groups is 1. The van der Waals surface area contributed by atoms with E-state index in [4.69, 9.17) is 9.52 Å². The molecule has 0 amide bonds. The summed E-state index contributed by atoms with van der Waals surface area (Å²) in [5.74, 6) is -0.153. The summed E-state index contributed by atoms with van der Waals surface area (Å²) in [6.45, 7) is 4.12. The van der Waals surface area contributed by atoms with Crippen LogP contribution in [0, 0.1) is 5.92 Å². The van der Waals surface area contributed by atoms with Gasteiger partial charge in [-0.1, -0.05) is 6.92 Å². The van der Waals surface area contributed by atoms with E-state index < -0.39 is 11.6 Å². The lowest BCUT2D eigenvalue weighted by molar-refractivity contribution is -0.145. The van der Waals surface area contributed by atoms with Gasteiger partial charge in [0, 0.05) is 6.54 Å². The number of nitrogens with zero attached hydrogens (tertiary/aromatic N) is 1. The summed E-state index contributed by atoms with van der Waals surface area (Å²) in [5, 5.41) is 19.6. The van der Waals surface area contributed by atoms with Crippen LogP contribution in [0.4, 0.5) is 0 Å². The van der Waals surface area contributed by atoms with Gasteiger partial charge in [-0.15, -0.1) is 0 Å². The second-order valence-corrected chi connectivity index (χ2v) is 5.72. The summed E-state index contributed by atoms with van der Waals surface area (Å²) in [6.07, 6.45) is 3.88. The van der Waals surface area contributed by atoms with E-state index in [0.717, 1.165) is 12.3 Å². The number of furan rings is 1. The normalized spacial score (nSPS) is 26.9. The van der Waals surface area contributed by atoms with Gasteiger partial charge in [-0.05, 0) is 44.4 Å². The summed E-state index contributed by atoms with van der Waals surface area (Å²) in [4.78, 5) is 13.1. The van der Waals surface area contributed by atoms with Crippen LogP contribution in [0.15, 0.2) is 22.8 Å². The van der Waals surface area contributed by atoms with Crippen LogP contribution < -0.4 is 0 Å². The molecule has 5 heteroatoms. The van der Waals surface area contributed by atoms with Crippen molar-refractivity contribution in [1.29, 1.82) is 0 Å². The Bertz CT molecular complexity index is 421. The zero-order valence-electron chi connectivity index (χ0n) is 11.9. The van der Waals surface area contributed by atoms with Crippen LogP contribution in [0.25, 0.3) is 0 Å². The van der Waals surface area contributed by atoms with Crippen molar-refractivity contribution in [1.82, 2.24) is 4.90 Å². The standard InChI is InChI=1S/C15H23NO4/c1-2-16(10-13-4-3-9-20-13)11-15(19)7-5-12(6-8-15)14(17)18/h3-4,9,12,19H,2,5-8,10-11H2,1H3,(H,17,18). The molecule has 1 saturated carbocycles. The molecular weight excluding hydrogens is 258 g/mol. The first-order valence-electron chi connectivity index (χ1n) is 7.22. The van der Waals surface area contributed by atoms with E-state index in [1.165, 1.54) is 0 Å². The number of carbonyl (C=O) groups is 1. The number of hydrogen-bond donors (Lipinski definition) is 2. The first kappa shape index (κ1) is 15.1. The minimum Gasteiger partial charge on any atom is -0.481 e. The minimum absolute atomic E-state index is 0.296. The third-order valence-corrected chi connectivity index (χ3v) is 4.19. The molecule has 1 aliphatic rings. The largest absolute Gasteiger partial charge is 0.481 e. The van der Waals surface area contributed by atoms with Gasteiger partial charge in [0.05, 0.1) is 24.3 Å². The van der Waals surface area contributed by atoms with Crippen LogP contribution >= 0.6 is 0 Å². The quantitative estimate of drug-likeness (QED) is 0.835. The van der Waals surface area contributed by atoms with Gasteiger partial charge in [-0.25, -0.2) is 0 Å². The van der Waals surface area contributed by atoms with E-state index >= 15 is 0 Å². The maximum Gasteiger partial charge on any atom is 0.306 e. The third-order valence-electron chi connectivity index (χ3n) is 4.19. The number of rotatable bonds is 6. The Morgan fingerprint density at radius 3 is 2.70 bits per heavy atom. The maximum atomic E-state index is 11.0. The van der Waals surface area contributed by atoms with Crippen LogP contribution in [-0.2, 0) is 11.3 Å². The topological polar surface area (TPSA) is 73.9 Å². The minimum atomic E-state index is -0.769. The molecule has 0 saturated heterocycles. The summed E-state index contributed by atoms with van der Waals surface area (Å²) in [6, 6.07) is 3.78. The molecule has 0 radical (unpaired) electrons. The maximum absolute atomic E-state index is 11.0. The van der Waals surface area contributed by atoms with Crippen LogP contribution in [0.3, 0.4) is 0 Å². The van der Waals surface area contributed by atoms with Crippen molar-refractivity contribution >= 4 is 5.97 Å². The molecule has 0 aliphatic heterocycles. The van der Waals surface area contributed by atoms with Crippen molar-refractivity contribution in [2.24, 2.45) is 5.92 Å². The molecule has 1 aromatic rings. The van der Waals surface area contributed by atoms with Gasteiger partial charge >= 0.3 is 5.97 Å². The number of likely N-dealkylation sites (N-methyl/N-ethyl adjacent to an activating group) is 1. The Hall–Kier alpha value is -1.33. The third kappa shape index (κ3) is 3.84. The van der Waals surface area contributed by atoms with Gasteiger partial charge in [0.2, 0.25) is 0 Å². The molecule has 0 aromatic carbocycles. The Morgan fingerprint density at radius 1 is 1.50 bits per heavy atom. The molecule has 5 nitrogen and oxygen atoms in total. The molecule has 1 fully saturated rings. The lowest BCUT2D eigenvalue weighted by Gasteiger charge is -2.38. The Morgan fingerprint density at radius 2 is 2.20 bits per heavy atom. The van der Waals surface area contributed by atoms with E-state index in [1.807, 2.05) is 12.1 Å². The van der Waals surface area contributed by atoms with Crippen molar-refractivity contribution < 1.29 is 19.4 Å². The fourth-order valence-corrected chi connectivity index (χ4v) is 2.88. The molecule has 2 rings (SSSR count). The predicted octanol–water partition coefficient (Wildman–Crippen LogP) is 2.11. The Labute approximate surface area is 119 Å². The molecule has 1 heterocycles. The second kappa shape index (κ2) is 6.41. The first-order chi connectivity index (χ1) is 9.52. The van der Waals surface area contributed by atoms with Crippen molar-refractivity contribution in [2.45, 2.75) is 44.8 Å². The Balaban J connectivity index is 1.89. The van der Waals surface area contributed by atoms with Crippen molar-refractivity contribution in [2.75, 3.05) is 13.1 Å². The molecule has 0 spiro atoms. The molecule has 2 N–H and O–H groups in total. The fraction of sp³-hybridized carbons (Fsp3) is 0.667. The predicted molar refractivity (Wildman–Crippen MR) is 74.2 cm³/mol. The van der Waals surface area contributed by atoms with E-state index in [2.05, 4.69) is 11.8 Å². The summed E-state index contributed by atoms with van der Waals surface area (Å²) in [5.41, 5.74) is -0.769. The van der Waals surface area contributed by atoms with Gasteiger partial charge < -0.3 is 14.6 Å². The lowest BCUT2D eigenvalue weighted by atomic mass is 9.78. The van der Waals surface area contributed by atoms with Crippen LogP contribution in [-0.4, -0.2) is 39.8 Å². The average molecular weight is 281 g/mol. The van der Waals surface area contributed by atoms with E-state index in [0.29, 0.717) is 38.8 Å². The van der Waals surface area contributed by atoms with Crippen molar-refractivity contribution in [3.05, 3.63) is 24.2 Å². The monoisotopic (exact) mass is 281 g/mol. The van der Waals surface area contributed by atoms with Crippen LogP contribution in [0.5, 0.6) is 0 Å². The van der Waals surface area contributed by atoms with Crippen molar-refractivity contribution in [3.63, 3.8) is 0 Å². The fourth-order valence-electron chi connectivity index (χ4n) is 2.88. The van der Waals surface area contributed by atoms with E-state index in [9.17, 15) is 9.90 Å². The highest BCUT2D eigenvalue weighted by molar-refractivity contribution is 5.70. The first-order valence-corrected chi connectivity index (χ1v) is 7.22. The van der Waals surface area contributed by atoms with Gasteiger partial charge in [0.15, 0.2) is 0 Å². The second-order valence-electron chi connectivity index (χ2n) is 5.72. The highest BCUT2D eigenvalue weighted by Gasteiger charge is 2.36. The van der Waals surface area contributed by atoms with Crippen molar-refractivity contribution in [3.8, 4) is 0 Å². The van der Waals surface area contributed by atoms with E-state index in [1.54, 1.807) is 6.26 Å². The van der Waals surface area contributed by atoms with Gasteiger partial charge in [-0.2, -0.15) is 0 Å². The molecule has 1 aliphatic carbocycles. The van der Waals surface area contributed by atoms with Crippen LogP contribution in [0.1, 0.15) is 38.4 Å². The zero-order chi connectivity index (χ0) is 14.6. The number of hydrogen-bond acceptors (Lipinski definition) is 4. The van der Waals surface area contributed by atoms with Crippen LogP contribution in [0.2, 0.25) is 0 Å². The summed E-state index contributed by atoms with van der Waals surface area (Å²) in [7, 11) is 0. The van der Waals surface area contributed by atoms with Gasteiger partial charge in [0.25, 0.3) is 0 Å². The number of carboxylic acid groups (broad SMARTS) is 1. The average Bonchev–Trinajstić information content (AvgIpc) is 2.91. The summed E-state index contributed by atoms with van der Waals surface area (Å²) < 4.78 is 5.34. The molecule has 112 valence electrons. The van der Waals surface area contributed by atoms with Gasteiger partial charge in [0.1, 0.15) is 5.76 Å². The summed E-state index contributed by atoms with van der Waals surface area (Å²) >= 11 is 0. The van der Waals surface area contributed by atoms with E-state index in [-0.39, 0.29) is 5.92 Å². The highest BCUT2D eigenvalue weighted by Crippen LogP contribution is 2.33. The molecule has 0 atom stereocenters. The molecule has 0 unspecified atom stereocenters. The molecular formula is C15H23NO4.